The molecular formula is C17H19N3O4. The van der Waals surface area contributed by atoms with Crippen molar-refractivity contribution >= 4 is 17.5 Å². The van der Waals surface area contributed by atoms with Gasteiger partial charge in [0.05, 0.1) is 7.11 Å². The number of methoxy groups -OCH3 is 1. The molecule has 0 aliphatic rings. The van der Waals surface area contributed by atoms with Gasteiger partial charge in [-0.15, -0.1) is 0 Å². The quantitative estimate of drug-likeness (QED) is 0.860. The van der Waals surface area contributed by atoms with Gasteiger partial charge in [0.15, 0.2) is 0 Å². The number of nitrogens with two attached hydrogens (primary N) is 1. The molecule has 0 radical (unpaired) electrons. The standard InChI is InChI=1S/C17H19N3O4/c1-10-8-11(2)20(17(23)15(10)16(18)22)9-14(21)19-12-4-6-13(24-3)7-5-12/h4-8H,9H2,1-3H3,(H2,18,22)(H,19,21). The van der Waals surface area contributed by atoms with Crippen LogP contribution in [0.1, 0.15) is 21.6 Å². The number of nitrogens with zero attached hydrogens (tertiary/aromatic N) is 1. The lowest BCUT2D eigenvalue weighted by Gasteiger charge is -2.13. The van der Waals surface area contributed by atoms with Gasteiger partial charge < -0.3 is 20.4 Å². The summed E-state index contributed by atoms with van der Waals surface area (Å²) in [5.74, 6) is -0.517. The Morgan fingerprint density at radius 2 is 1.83 bits per heavy atom. The number of amides is 2. The number of benzene rings is 1. The summed E-state index contributed by atoms with van der Waals surface area (Å²) in [5.41, 5.74) is 6.24. The highest BCUT2D eigenvalue weighted by Crippen LogP contribution is 2.15. The molecule has 2 amide bonds. The number of pyridine rings is 1. The van der Waals surface area contributed by atoms with E-state index in [0.29, 0.717) is 22.7 Å². The van der Waals surface area contributed by atoms with Gasteiger partial charge in [0.25, 0.3) is 11.5 Å². The van der Waals surface area contributed by atoms with Crippen LogP contribution in [-0.2, 0) is 11.3 Å². The highest BCUT2D eigenvalue weighted by Gasteiger charge is 2.16. The molecule has 0 unspecified atom stereocenters. The number of aryl methyl sites for hydroxylation is 2. The topological polar surface area (TPSA) is 103 Å². The average molecular weight is 329 g/mol. The maximum Gasteiger partial charge on any atom is 0.264 e. The summed E-state index contributed by atoms with van der Waals surface area (Å²) in [7, 11) is 1.55. The number of hydrogen-bond acceptors (Lipinski definition) is 4. The molecule has 0 saturated heterocycles. The number of anilines is 1. The van der Waals surface area contributed by atoms with Crippen molar-refractivity contribution in [3.63, 3.8) is 0 Å². The fourth-order valence-electron chi connectivity index (χ4n) is 2.44. The number of aromatic nitrogens is 1. The van der Waals surface area contributed by atoms with Gasteiger partial charge in [-0.3, -0.25) is 14.4 Å². The van der Waals surface area contributed by atoms with Gasteiger partial charge in [-0.25, -0.2) is 0 Å². The molecule has 1 heterocycles. The van der Waals surface area contributed by atoms with Crippen molar-refractivity contribution < 1.29 is 14.3 Å². The van der Waals surface area contributed by atoms with E-state index in [-0.39, 0.29) is 18.0 Å². The Morgan fingerprint density at radius 3 is 2.38 bits per heavy atom. The minimum atomic E-state index is -0.804. The number of rotatable bonds is 5. The van der Waals surface area contributed by atoms with E-state index in [9.17, 15) is 14.4 Å². The Hall–Kier alpha value is -3.09. The lowest BCUT2D eigenvalue weighted by Crippen LogP contribution is -2.35. The van der Waals surface area contributed by atoms with Crippen LogP contribution in [0.5, 0.6) is 5.75 Å². The minimum Gasteiger partial charge on any atom is -0.497 e. The van der Waals surface area contributed by atoms with Crippen molar-refractivity contribution in [3.8, 4) is 5.75 Å². The molecule has 0 aliphatic heterocycles. The normalized spacial score (nSPS) is 10.3. The molecule has 1 aromatic heterocycles. The first-order valence-electron chi connectivity index (χ1n) is 7.28. The Bertz CT molecular complexity index is 838. The van der Waals surface area contributed by atoms with Crippen LogP contribution in [0.25, 0.3) is 0 Å². The third kappa shape index (κ3) is 3.62. The minimum absolute atomic E-state index is 0.0992. The maximum absolute atomic E-state index is 12.4. The zero-order valence-electron chi connectivity index (χ0n) is 13.8. The lowest BCUT2D eigenvalue weighted by molar-refractivity contribution is -0.116. The van der Waals surface area contributed by atoms with Crippen molar-refractivity contribution in [2.24, 2.45) is 5.73 Å². The first kappa shape index (κ1) is 17.3. The van der Waals surface area contributed by atoms with E-state index >= 15 is 0 Å². The van der Waals surface area contributed by atoms with E-state index in [1.165, 1.54) is 4.57 Å². The molecule has 2 rings (SSSR count). The summed E-state index contributed by atoms with van der Waals surface area (Å²) in [6, 6.07) is 8.46. The summed E-state index contributed by atoms with van der Waals surface area (Å²) >= 11 is 0. The molecule has 2 aromatic rings. The van der Waals surface area contributed by atoms with E-state index in [1.54, 1.807) is 51.3 Å². The number of carbonyl (C=O) groups is 2. The predicted octanol–water partition coefficient (Wildman–Crippen LogP) is 1.21. The molecule has 0 atom stereocenters. The SMILES string of the molecule is COc1ccc(NC(=O)Cn2c(C)cc(C)c(C(N)=O)c2=O)cc1. The Labute approximate surface area is 139 Å². The van der Waals surface area contributed by atoms with Crippen molar-refractivity contribution in [3.05, 3.63) is 57.5 Å². The first-order valence-corrected chi connectivity index (χ1v) is 7.28. The maximum atomic E-state index is 12.4. The van der Waals surface area contributed by atoms with Crippen LogP contribution in [0.2, 0.25) is 0 Å². The third-order valence-electron chi connectivity index (χ3n) is 3.63. The summed E-state index contributed by atoms with van der Waals surface area (Å²) in [5, 5.41) is 2.69. The molecule has 7 nitrogen and oxygen atoms in total. The van der Waals surface area contributed by atoms with Crippen LogP contribution in [0.3, 0.4) is 0 Å². The Balaban J connectivity index is 2.24. The molecule has 0 fully saturated rings. The van der Waals surface area contributed by atoms with Crippen LogP contribution in [0, 0.1) is 13.8 Å². The van der Waals surface area contributed by atoms with Crippen LogP contribution in [0.15, 0.2) is 35.1 Å². The van der Waals surface area contributed by atoms with E-state index in [4.69, 9.17) is 10.5 Å². The summed E-state index contributed by atoms with van der Waals surface area (Å²) in [6.45, 7) is 3.12. The van der Waals surface area contributed by atoms with Gasteiger partial charge in [0.1, 0.15) is 17.9 Å². The molecule has 126 valence electrons. The largest absolute Gasteiger partial charge is 0.497 e. The number of nitrogens with one attached hydrogen (secondary N) is 1. The fraction of sp³-hybridized carbons (Fsp3) is 0.235. The number of ether oxygens (including phenoxy) is 1. The lowest BCUT2D eigenvalue weighted by atomic mass is 10.1. The van der Waals surface area contributed by atoms with E-state index < -0.39 is 11.5 Å². The van der Waals surface area contributed by atoms with E-state index in [1.807, 2.05) is 0 Å². The van der Waals surface area contributed by atoms with Gasteiger partial charge in [0, 0.05) is 11.4 Å². The summed E-state index contributed by atoms with van der Waals surface area (Å²) in [4.78, 5) is 36.0. The predicted molar refractivity (Wildman–Crippen MR) is 90.3 cm³/mol. The molecule has 24 heavy (non-hydrogen) atoms. The van der Waals surface area contributed by atoms with E-state index in [2.05, 4.69) is 5.32 Å². The van der Waals surface area contributed by atoms with Gasteiger partial charge in [0.2, 0.25) is 5.91 Å². The molecule has 0 aliphatic carbocycles. The number of primary amides is 1. The van der Waals surface area contributed by atoms with Crippen molar-refractivity contribution in [2.45, 2.75) is 20.4 Å². The number of hydrogen-bond donors (Lipinski definition) is 2. The average Bonchev–Trinajstić information content (AvgIpc) is 2.51. The van der Waals surface area contributed by atoms with Gasteiger partial charge in [-0.05, 0) is 49.7 Å². The number of carbonyl (C=O) groups excluding carboxylic acids is 2. The highest BCUT2D eigenvalue weighted by molar-refractivity contribution is 5.94. The molecule has 0 spiro atoms. The second-order valence-electron chi connectivity index (χ2n) is 5.38. The fourth-order valence-corrected chi connectivity index (χ4v) is 2.44. The molecule has 0 saturated carbocycles. The molecule has 1 aromatic carbocycles. The smallest absolute Gasteiger partial charge is 0.264 e. The van der Waals surface area contributed by atoms with Gasteiger partial charge >= 0.3 is 0 Å². The summed E-state index contributed by atoms with van der Waals surface area (Å²) < 4.78 is 6.27. The highest BCUT2D eigenvalue weighted by atomic mass is 16.5. The van der Waals surface area contributed by atoms with E-state index in [0.717, 1.165) is 0 Å². The van der Waals surface area contributed by atoms with Crippen LogP contribution < -0.4 is 21.3 Å². The zero-order chi connectivity index (χ0) is 17.9. The van der Waals surface area contributed by atoms with Crippen LogP contribution in [0.4, 0.5) is 5.69 Å². The Kier molecular flexibility index (Phi) is 5.03. The summed E-state index contributed by atoms with van der Waals surface area (Å²) in [6.07, 6.45) is 0. The van der Waals surface area contributed by atoms with Gasteiger partial charge in [-0.1, -0.05) is 0 Å². The second-order valence-corrected chi connectivity index (χ2v) is 5.38. The molecular weight excluding hydrogens is 310 g/mol. The van der Waals surface area contributed by atoms with Crippen molar-refractivity contribution in [1.29, 1.82) is 0 Å². The van der Waals surface area contributed by atoms with Crippen LogP contribution in [-0.4, -0.2) is 23.5 Å². The third-order valence-corrected chi connectivity index (χ3v) is 3.63. The second kappa shape index (κ2) is 6.99. The molecule has 3 N–H and O–H groups in total. The zero-order valence-corrected chi connectivity index (χ0v) is 13.8. The van der Waals surface area contributed by atoms with Crippen molar-refractivity contribution in [2.75, 3.05) is 12.4 Å². The van der Waals surface area contributed by atoms with Gasteiger partial charge in [-0.2, -0.15) is 0 Å². The first-order chi connectivity index (χ1) is 11.3. The van der Waals surface area contributed by atoms with Crippen LogP contribution >= 0.6 is 0 Å². The molecule has 7 heteroatoms. The Morgan fingerprint density at radius 1 is 1.21 bits per heavy atom. The molecule has 0 bridgehead atoms. The monoisotopic (exact) mass is 329 g/mol. The van der Waals surface area contributed by atoms with Crippen molar-refractivity contribution in [1.82, 2.24) is 4.57 Å².